The molecule has 1 aromatic carbocycles. The van der Waals surface area contributed by atoms with Crippen LogP contribution in [0.3, 0.4) is 0 Å². The second-order valence-corrected chi connectivity index (χ2v) is 4.06. The number of aryl methyl sites for hydroxylation is 1. The van der Waals surface area contributed by atoms with E-state index < -0.39 is 11.2 Å². The van der Waals surface area contributed by atoms with Crippen LogP contribution >= 0.6 is 0 Å². The monoisotopic (exact) mass is 241 g/mol. The van der Waals surface area contributed by atoms with E-state index >= 15 is 0 Å². The second-order valence-electron chi connectivity index (χ2n) is 4.06. The van der Waals surface area contributed by atoms with Crippen molar-refractivity contribution in [3.05, 3.63) is 51.2 Å². The molecule has 0 unspecified atom stereocenters. The highest BCUT2D eigenvalue weighted by molar-refractivity contribution is 5.85. The van der Waals surface area contributed by atoms with Crippen molar-refractivity contribution < 1.29 is 0 Å². The fraction of sp³-hybridized carbons (Fsp3) is 0.154. The first-order chi connectivity index (χ1) is 8.70. The van der Waals surface area contributed by atoms with Crippen LogP contribution in [0.25, 0.3) is 22.3 Å². The van der Waals surface area contributed by atoms with Gasteiger partial charge < -0.3 is 4.57 Å². The first-order valence-corrected chi connectivity index (χ1v) is 5.73. The van der Waals surface area contributed by atoms with Gasteiger partial charge in [0, 0.05) is 12.1 Å². The zero-order valence-corrected chi connectivity index (χ0v) is 9.80. The lowest BCUT2D eigenvalue weighted by Crippen LogP contribution is -2.27. The van der Waals surface area contributed by atoms with Gasteiger partial charge >= 0.3 is 5.69 Å². The Labute approximate surface area is 102 Å². The third kappa shape index (κ3) is 1.44. The molecule has 0 atom stereocenters. The molecular formula is C13H11N3O2. The summed E-state index contributed by atoms with van der Waals surface area (Å²) in [6, 6.07) is 9.49. The van der Waals surface area contributed by atoms with E-state index in [-0.39, 0.29) is 0 Å². The number of fused-ring (bicyclic) bond motifs is 2. The van der Waals surface area contributed by atoms with Crippen LogP contribution in [0, 0.1) is 0 Å². The number of rotatable bonds is 1. The summed E-state index contributed by atoms with van der Waals surface area (Å²) >= 11 is 0. The normalized spacial score (nSPS) is 11.2. The zero-order valence-electron chi connectivity index (χ0n) is 9.80. The Morgan fingerprint density at radius 2 is 2.06 bits per heavy atom. The molecule has 2 aliphatic heterocycles. The van der Waals surface area contributed by atoms with E-state index in [1.54, 1.807) is 6.07 Å². The van der Waals surface area contributed by atoms with E-state index in [2.05, 4.69) is 9.97 Å². The molecule has 90 valence electrons. The first-order valence-electron chi connectivity index (χ1n) is 5.73. The van der Waals surface area contributed by atoms with Crippen molar-refractivity contribution in [2.24, 2.45) is 0 Å². The van der Waals surface area contributed by atoms with Crippen molar-refractivity contribution in [3.63, 3.8) is 0 Å². The predicted molar refractivity (Wildman–Crippen MR) is 68.9 cm³/mol. The van der Waals surface area contributed by atoms with E-state index in [0.29, 0.717) is 17.9 Å². The highest BCUT2D eigenvalue weighted by atomic mass is 16.2. The fourth-order valence-electron chi connectivity index (χ4n) is 2.23. The number of nitrogens with one attached hydrogen (secondary N) is 1. The van der Waals surface area contributed by atoms with Crippen LogP contribution in [-0.2, 0) is 6.54 Å². The average molecular weight is 241 g/mol. The van der Waals surface area contributed by atoms with Crippen LogP contribution in [0.1, 0.15) is 6.92 Å². The number of H-pyrrole nitrogens is 1. The van der Waals surface area contributed by atoms with Gasteiger partial charge in [-0.1, -0.05) is 18.2 Å². The summed E-state index contributed by atoms with van der Waals surface area (Å²) in [4.78, 5) is 29.2. The second kappa shape index (κ2) is 3.80. The number of hydrogen-bond donors (Lipinski definition) is 1. The van der Waals surface area contributed by atoms with Crippen LogP contribution in [-0.4, -0.2) is 14.5 Å². The number of para-hydroxylation sites is 1. The Kier molecular flexibility index (Phi) is 2.26. The minimum atomic E-state index is -0.606. The van der Waals surface area contributed by atoms with Crippen LogP contribution in [0.4, 0.5) is 0 Å². The van der Waals surface area contributed by atoms with Gasteiger partial charge in [0.05, 0.1) is 5.56 Å². The molecule has 0 fully saturated rings. The smallest absolute Gasteiger partial charge is 0.325 e. The Hall–Kier alpha value is -2.43. The quantitative estimate of drug-likeness (QED) is 0.651. The molecule has 1 N–H and O–H groups in total. The molecule has 0 saturated heterocycles. The summed E-state index contributed by atoms with van der Waals surface area (Å²) in [6.07, 6.45) is 0. The van der Waals surface area contributed by atoms with Crippen molar-refractivity contribution in [3.8, 4) is 11.4 Å². The van der Waals surface area contributed by atoms with Crippen molar-refractivity contribution in [2.75, 3.05) is 0 Å². The van der Waals surface area contributed by atoms with Crippen LogP contribution in [0.5, 0.6) is 0 Å². The van der Waals surface area contributed by atoms with Gasteiger partial charge in [0.25, 0.3) is 5.56 Å². The molecule has 0 aliphatic carbocycles. The molecule has 3 rings (SSSR count). The average Bonchev–Trinajstić information content (AvgIpc) is 2.36. The minimum Gasteiger partial charge on any atom is -0.325 e. The number of pyridine rings is 1. The molecule has 5 heteroatoms. The maximum absolute atomic E-state index is 11.8. The lowest BCUT2D eigenvalue weighted by Gasteiger charge is -2.15. The molecule has 0 aromatic heterocycles. The molecule has 0 bridgehead atoms. The van der Waals surface area contributed by atoms with E-state index in [4.69, 9.17) is 0 Å². The molecule has 0 saturated carbocycles. The molecule has 0 radical (unpaired) electrons. The maximum Gasteiger partial charge on any atom is 0.349 e. The fourth-order valence-corrected chi connectivity index (χ4v) is 2.23. The lowest BCUT2D eigenvalue weighted by molar-refractivity contribution is 0.768. The molecule has 2 aliphatic rings. The Bertz CT molecular complexity index is 816. The number of benzene rings is 1. The molecular weight excluding hydrogens is 230 g/mol. The maximum atomic E-state index is 11.8. The number of nitrogens with zero attached hydrogens (tertiary/aromatic N) is 2. The number of aromatic nitrogens is 3. The Morgan fingerprint density at radius 1 is 1.28 bits per heavy atom. The molecule has 2 heterocycles. The van der Waals surface area contributed by atoms with E-state index in [1.807, 2.05) is 35.8 Å². The van der Waals surface area contributed by atoms with Crippen LogP contribution in [0.2, 0.25) is 0 Å². The highest BCUT2D eigenvalue weighted by Crippen LogP contribution is 2.23. The van der Waals surface area contributed by atoms with Gasteiger partial charge in [-0.15, -0.1) is 0 Å². The summed E-state index contributed by atoms with van der Waals surface area (Å²) in [5.74, 6) is 0.435. The SMILES string of the molecule is CCn1c2nc(=O)[nH]c(=O)c-2cc2ccccc21. The molecule has 0 amide bonds. The number of hydrogen-bond acceptors (Lipinski definition) is 3. The van der Waals surface area contributed by atoms with Gasteiger partial charge in [-0.3, -0.25) is 9.78 Å². The standard InChI is InChI=1S/C13H11N3O2/c1-2-16-10-6-4-3-5-8(10)7-9-11(16)14-13(18)15-12(9)17/h3-7H,2H2,1H3,(H,15,17,18). The summed E-state index contributed by atoms with van der Waals surface area (Å²) in [6.45, 7) is 2.60. The van der Waals surface area contributed by atoms with Crippen molar-refractivity contribution in [1.82, 2.24) is 14.5 Å². The van der Waals surface area contributed by atoms with E-state index in [0.717, 1.165) is 10.9 Å². The van der Waals surface area contributed by atoms with Gasteiger partial charge in [0.15, 0.2) is 5.82 Å². The minimum absolute atomic E-state index is 0.391. The third-order valence-corrected chi connectivity index (χ3v) is 3.01. The molecule has 18 heavy (non-hydrogen) atoms. The van der Waals surface area contributed by atoms with Gasteiger partial charge in [-0.25, -0.2) is 4.79 Å². The van der Waals surface area contributed by atoms with Crippen LogP contribution in [0.15, 0.2) is 39.9 Å². The summed E-state index contributed by atoms with van der Waals surface area (Å²) in [7, 11) is 0. The largest absolute Gasteiger partial charge is 0.349 e. The third-order valence-electron chi connectivity index (χ3n) is 3.01. The Morgan fingerprint density at radius 3 is 2.83 bits per heavy atom. The van der Waals surface area contributed by atoms with E-state index in [1.165, 1.54) is 0 Å². The summed E-state index contributed by atoms with van der Waals surface area (Å²) in [5, 5.41) is 0.956. The van der Waals surface area contributed by atoms with Gasteiger partial charge in [0.1, 0.15) is 0 Å². The van der Waals surface area contributed by atoms with Crippen molar-refractivity contribution in [1.29, 1.82) is 0 Å². The topological polar surface area (TPSA) is 67.8 Å². The van der Waals surface area contributed by atoms with Crippen LogP contribution < -0.4 is 11.2 Å². The van der Waals surface area contributed by atoms with Gasteiger partial charge in [0.2, 0.25) is 0 Å². The first kappa shape index (κ1) is 10.7. The zero-order chi connectivity index (χ0) is 12.7. The molecule has 5 nitrogen and oxygen atoms in total. The van der Waals surface area contributed by atoms with Crippen molar-refractivity contribution in [2.45, 2.75) is 13.5 Å². The van der Waals surface area contributed by atoms with Gasteiger partial charge in [-0.05, 0) is 24.4 Å². The summed E-state index contributed by atoms with van der Waals surface area (Å²) in [5.41, 5.74) is 0.406. The van der Waals surface area contributed by atoms with Crippen molar-refractivity contribution >= 4 is 10.9 Å². The number of aromatic amines is 1. The highest BCUT2D eigenvalue weighted by Gasteiger charge is 2.15. The lowest BCUT2D eigenvalue weighted by atomic mass is 10.1. The molecule has 1 aromatic rings. The predicted octanol–water partition coefficient (Wildman–Crippen LogP) is 1.21. The van der Waals surface area contributed by atoms with Gasteiger partial charge in [-0.2, -0.15) is 4.98 Å². The Balaban J connectivity index is 2.62. The molecule has 0 spiro atoms. The summed E-state index contributed by atoms with van der Waals surface area (Å²) < 4.78 is 1.88. The van der Waals surface area contributed by atoms with E-state index in [9.17, 15) is 9.59 Å².